The van der Waals surface area contributed by atoms with E-state index in [4.69, 9.17) is 0 Å². The smallest absolute Gasteiger partial charge is 0.337 e. The Balaban J connectivity index is 2.25. The number of benzene rings is 1. The highest BCUT2D eigenvalue weighted by atomic mass is 19.4. The number of carbonyl (C=O) groups is 1. The molecule has 0 radical (unpaired) electrons. The molecule has 3 nitrogen and oxygen atoms in total. The molecule has 1 aromatic carbocycles. The largest absolute Gasteiger partial charge is 0.417 e. The van der Waals surface area contributed by atoms with Crippen molar-refractivity contribution in [2.24, 2.45) is 0 Å². The molecular formula is C14H17F3N2O. The van der Waals surface area contributed by atoms with E-state index in [0.717, 1.165) is 18.9 Å². The Morgan fingerprint density at radius 1 is 1.35 bits per heavy atom. The van der Waals surface area contributed by atoms with E-state index in [1.807, 2.05) is 0 Å². The standard InChI is InChI=1S/C14H17F3N2O/c1-18-10-5-4-8-19(9-10)13(20)11-6-2-3-7-12(11)14(15,16)17/h2-3,6-7,10,18H,4-5,8-9H2,1H3/t10-/m0/s1. The van der Waals surface area contributed by atoms with Crippen molar-refractivity contribution >= 4 is 5.91 Å². The van der Waals surface area contributed by atoms with Crippen LogP contribution >= 0.6 is 0 Å². The van der Waals surface area contributed by atoms with E-state index < -0.39 is 17.6 Å². The van der Waals surface area contributed by atoms with E-state index in [9.17, 15) is 18.0 Å². The van der Waals surface area contributed by atoms with Gasteiger partial charge in [-0.3, -0.25) is 4.79 Å². The van der Waals surface area contributed by atoms with Crippen LogP contribution in [0.5, 0.6) is 0 Å². The quantitative estimate of drug-likeness (QED) is 0.906. The predicted molar refractivity (Wildman–Crippen MR) is 69.4 cm³/mol. The Hall–Kier alpha value is -1.56. The molecule has 1 saturated heterocycles. The van der Waals surface area contributed by atoms with Crippen LogP contribution in [0.1, 0.15) is 28.8 Å². The maximum atomic E-state index is 12.9. The number of halogens is 3. The number of rotatable bonds is 2. The number of hydrogen-bond acceptors (Lipinski definition) is 2. The summed E-state index contributed by atoms with van der Waals surface area (Å²) >= 11 is 0. The summed E-state index contributed by atoms with van der Waals surface area (Å²) in [5.74, 6) is -0.544. The molecule has 6 heteroatoms. The van der Waals surface area contributed by atoms with Gasteiger partial charge >= 0.3 is 6.18 Å². The summed E-state index contributed by atoms with van der Waals surface area (Å²) in [6.07, 6.45) is -2.78. The first-order chi connectivity index (χ1) is 9.43. The van der Waals surface area contributed by atoms with Gasteiger partial charge in [0.1, 0.15) is 0 Å². The zero-order valence-electron chi connectivity index (χ0n) is 11.2. The molecule has 110 valence electrons. The number of nitrogens with one attached hydrogen (secondary N) is 1. The maximum absolute atomic E-state index is 12.9. The molecule has 1 N–H and O–H groups in total. The van der Waals surface area contributed by atoms with Gasteiger partial charge in [0.05, 0.1) is 11.1 Å². The zero-order chi connectivity index (χ0) is 14.8. The molecule has 2 rings (SSSR count). The molecule has 1 amide bonds. The average Bonchev–Trinajstić information content (AvgIpc) is 2.45. The fraction of sp³-hybridized carbons (Fsp3) is 0.500. The van der Waals surface area contributed by atoms with Crippen LogP contribution < -0.4 is 5.32 Å². The molecular weight excluding hydrogens is 269 g/mol. The predicted octanol–water partition coefficient (Wildman–Crippen LogP) is 2.53. The topological polar surface area (TPSA) is 32.3 Å². The van der Waals surface area contributed by atoms with E-state index in [0.29, 0.717) is 13.1 Å². The van der Waals surface area contributed by atoms with Gasteiger partial charge in [0, 0.05) is 19.1 Å². The van der Waals surface area contributed by atoms with E-state index in [1.165, 1.54) is 23.1 Å². The van der Waals surface area contributed by atoms with Crippen LogP contribution in [0.2, 0.25) is 0 Å². The summed E-state index contributed by atoms with van der Waals surface area (Å²) in [5.41, 5.74) is -1.13. The number of nitrogens with zero attached hydrogens (tertiary/aromatic N) is 1. The second-order valence-corrected chi connectivity index (χ2v) is 4.92. The monoisotopic (exact) mass is 286 g/mol. The summed E-state index contributed by atoms with van der Waals surface area (Å²) in [6, 6.07) is 5.10. The van der Waals surface area contributed by atoms with Gasteiger partial charge in [-0.1, -0.05) is 12.1 Å². The number of piperidine rings is 1. The van der Waals surface area contributed by atoms with Crippen LogP contribution in [0.25, 0.3) is 0 Å². The molecule has 0 aromatic heterocycles. The maximum Gasteiger partial charge on any atom is 0.417 e. The Labute approximate surface area is 115 Å². The average molecular weight is 286 g/mol. The van der Waals surface area contributed by atoms with Crippen molar-refractivity contribution in [1.29, 1.82) is 0 Å². The Kier molecular flexibility index (Phi) is 4.32. The van der Waals surface area contributed by atoms with Gasteiger partial charge in [0.2, 0.25) is 0 Å². The van der Waals surface area contributed by atoms with Crippen LogP contribution in [-0.4, -0.2) is 37.0 Å². The van der Waals surface area contributed by atoms with Gasteiger partial charge < -0.3 is 10.2 Å². The molecule has 1 heterocycles. The lowest BCUT2D eigenvalue weighted by molar-refractivity contribution is -0.138. The lowest BCUT2D eigenvalue weighted by atomic mass is 10.0. The normalized spacial score (nSPS) is 20.0. The van der Waals surface area contributed by atoms with Crippen molar-refractivity contribution in [3.8, 4) is 0 Å². The molecule has 0 aliphatic carbocycles. The second kappa shape index (κ2) is 5.83. The van der Waals surface area contributed by atoms with Crippen LogP contribution in [-0.2, 0) is 6.18 Å². The molecule has 0 spiro atoms. The molecule has 1 fully saturated rings. The first-order valence-electron chi connectivity index (χ1n) is 6.56. The van der Waals surface area contributed by atoms with Crippen LogP contribution in [0.4, 0.5) is 13.2 Å². The van der Waals surface area contributed by atoms with Gasteiger partial charge in [0.15, 0.2) is 0 Å². The number of amides is 1. The minimum atomic E-state index is -4.51. The Bertz CT molecular complexity index is 488. The Morgan fingerprint density at radius 3 is 2.70 bits per heavy atom. The van der Waals surface area contributed by atoms with Gasteiger partial charge in [-0.15, -0.1) is 0 Å². The minimum absolute atomic E-state index is 0.144. The molecule has 20 heavy (non-hydrogen) atoms. The molecule has 0 unspecified atom stereocenters. The molecule has 1 aromatic rings. The van der Waals surface area contributed by atoms with Crippen molar-refractivity contribution in [2.45, 2.75) is 25.1 Å². The van der Waals surface area contributed by atoms with Crippen molar-refractivity contribution in [3.05, 3.63) is 35.4 Å². The molecule has 1 aliphatic rings. The summed E-state index contributed by atoms with van der Waals surface area (Å²) in [6.45, 7) is 0.949. The lowest BCUT2D eigenvalue weighted by Crippen LogP contribution is -2.47. The number of carbonyl (C=O) groups excluding carboxylic acids is 1. The van der Waals surface area contributed by atoms with Crippen molar-refractivity contribution in [3.63, 3.8) is 0 Å². The molecule has 1 aliphatic heterocycles. The zero-order valence-corrected chi connectivity index (χ0v) is 11.2. The third-order valence-corrected chi connectivity index (χ3v) is 3.58. The number of alkyl halides is 3. The third kappa shape index (κ3) is 3.12. The first kappa shape index (κ1) is 14.8. The minimum Gasteiger partial charge on any atom is -0.337 e. The molecule has 1 atom stereocenters. The summed E-state index contributed by atoms with van der Waals surface area (Å²) in [5, 5.41) is 3.07. The van der Waals surface area contributed by atoms with E-state index in [2.05, 4.69) is 5.32 Å². The van der Waals surface area contributed by atoms with Crippen LogP contribution in [0, 0.1) is 0 Å². The molecule has 0 saturated carbocycles. The third-order valence-electron chi connectivity index (χ3n) is 3.58. The highest BCUT2D eigenvalue weighted by Crippen LogP contribution is 2.32. The van der Waals surface area contributed by atoms with Crippen LogP contribution in [0.3, 0.4) is 0 Å². The van der Waals surface area contributed by atoms with Gasteiger partial charge in [-0.05, 0) is 32.0 Å². The van der Waals surface area contributed by atoms with Crippen molar-refractivity contribution in [2.75, 3.05) is 20.1 Å². The number of hydrogen-bond donors (Lipinski definition) is 1. The van der Waals surface area contributed by atoms with Gasteiger partial charge in [-0.25, -0.2) is 0 Å². The lowest BCUT2D eigenvalue weighted by Gasteiger charge is -2.33. The second-order valence-electron chi connectivity index (χ2n) is 4.92. The first-order valence-corrected chi connectivity index (χ1v) is 6.56. The van der Waals surface area contributed by atoms with Crippen molar-refractivity contribution < 1.29 is 18.0 Å². The summed E-state index contributed by atoms with van der Waals surface area (Å²) in [4.78, 5) is 13.8. The summed E-state index contributed by atoms with van der Waals surface area (Å²) < 4.78 is 38.8. The summed E-state index contributed by atoms with van der Waals surface area (Å²) in [7, 11) is 1.79. The van der Waals surface area contributed by atoms with Crippen LogP contribution in [0.15, 0.2) is 24.3 Å². The van der Waals surface area contributed by atoms with E-state index in [1.54, 1.807) is 7.05 Å². The molecule has 0 bridgehead atoms. The van der Waals surface area contributed by atoms with Crippen molar-refractivity contribution in [1.82, 2.24) is 10.2 Å². The number of likely N-dealkylation sites (tertiary alicyclic amines) is 1. The van der Waals surface area contributed by atoms with E-state index >= 15 is 0 Å². The van der Waals surface area contributed by atoms with Gasteiger partial charge in [-0.2, -0.15) is 13.2 Å². The SMILES string of the molecule is CN[C@H]1CCCN(C(=O)c2ccccc2C(F)(F)F)C1. The highest BCUT2D eigenvalue weighted by Gasteiger charge is 2.36. The van der Waals surface area contributed by atoms with E-state index in [-0.39, 0.29) is 11.6 Å². The fourth-order valence-corrected chi connectivity index (χ4v) is 2.48. The highest BCUT2D eigenvalue weighted by molar-refractivity contribution is 5.96. The number of likely N-dealkylation sites (N-methyl/N-ethyl adjacent to an activating group) is 1. The van der Waals surface area contributed by atoms with Gasteiger partial charge in [0.25, 0.3) is 5.91 Å². The fourth-order valence-electron chi connectivity index (χ4n) is 2.48. The Morgan fingerprint density at radius 2 is 2.05 bits per heavy atom.